The van der Waals surface area contributed by atoms with Gasteiger partial charge in [0.05, 0.1) is 5.69 Å². The average Bonchev–Trinajstić information content (AvgIpc) is 2.65. The van der Waals surface area contributed by atoms with Crippen LogP contribution in [0.4, 0.5) is 5.69 Å². The minimum absolute atomic E-state index is 0.00922. The average molecular weight is 354 g/mol. The van der Waals surface area contributed by atoms with Crippen LogP contribution >= 0.6 is 0 Å². The number of carbonyl (C=O) groups is 2. The molecule has 26 heavy (non-hydrogen) atoms. The molecule has 0 aliphatic heterocycles. The van der Waals surface area contributed by atoms with Gasteiger partial charge in [0.2, 0.25) is 11.8 Å². The maximum atomic E-state index is 12.5. The van der Waals surface area contributed by atoms with Gasteiger partial charge in [-0.05, 0) is 30.7 Å². The van der Waals surface area contributed by atoms with E-state index in [-0.39, 0.29) is 18.4 Å². The second-order valence-electron chi connectivity index (χ2n) is 6.16. The van der Waals surface area contributed by atoms with Gasteiger partial charge in [0, 0.05) is 20.5 Å². The molecule has 2 aromatic rings. The summed E-state index contributed by atoms with van der Waals surface area (Å²) in [7, 11) is 1.77. The largest absolute Gasteiger partial charge is 0.455 e. The Kier molecular flexibility index (Phi) is 7.21. The molecule has 0 aromatic heterocycles. The zero-order valence-electron chi connectivity index (χ0n) is 15.6. The predicted molar refractivity (Wildman–Crippen MR) is 104 cm³/mol. The zero-order valence-corrected chi connectivity index (χ0v) is 15.6. The van der Waals surface area contributed by atoms with Gasteiger partial charge in [-0.3, -0.25) is 14.5 Å². The van der Waals surface area contributed by atoms with Crippen molar-refractivity contribution < 1.29 is 14.3 Å². The van der Waals surface area contributed by atoms with Crippen molar-refractivity contribution in [1.29, 1.82) is 0 Å². The Morgan fingerprint density at radius 2 is 1.65 bits per heavy atom. The lowest BCUT2D eigenvalue weighted by Gasteiger charge is -2.26. The molecule has 0 spiro atoms. The molecule has 0 radical (unpaired) electrons. The number of amides is 2. The molecule has 0 bridgehead atoms. The number of unbranched alkanes of at least 4 members (excludes halogenated alkanes) is 1. The number of rotatable bonds is 8. The van der Waals surface area contributed by atoms with Crippen molar-refractivity contribution in [2.24, 2.45) is 0 Å². The molecule has 5 heteroatoms. The van der Waals surface area contributed by atoms with E-state index in [4.69, 9.17) is 4.74 Å². The molecule has 0 aliphatic rings. The van der Waals surface area contributed by atoms with Gasteiger partial charge in [-0.2, -0.15) is 0 Å². The Bertz CT molecular complexity index is 731. The quantitative estimate of drug-likeness (QED) is 0.717. The fourth-order valence-corrected chi connectivity index (χ4v) is 2.52. The van der Waals surface area contributed by atoms with Crippen LogP contribution in [0.2, 0.25) is 0 Å². The van der Waals surface area contributed by atoms with Crippen molar-refractivity contribution in [3.05, 3.63) is 54.6 Å². The molecule has 0 heterocycles. The first-order chi connectivity index (χ1) is 12.5. The highest BCUT2D eigenvalue weighted by Crippen LogP contribution is 2.32. The van der Waals surface area contributed by atoms with Gasteiger partial charge in [0.15, 0.2) is 5.75 Å². The maximum Gasteiger partial charge on any atom is 0.242 e. The molecular formula is C21H26N2O3. The van der Waals surface area contributed by atoms with Gasteiger partial charge in [-0.15, -0.1) is 0 Å². The number of carbonyl (C=O) groups excluding carboxylic acids is 2. The Balaban J connectivity index is 2.22. The molecule has 2 rings (SSSR count). The van der Waals surface area contributed by atoms with Crippen LogP contribution in [0.25, 0.3) is 0 Å². The van der Waals surface area contributed by atoms with Crippen molar-refractivity contribution in [3.63, 3.8) is 0 Å². The van der Waals surface area contributed by atoms with E-state index in [1.807, 2.05) is 42.5 Å². The number of ether oxygens (including phenoxy) is 1. The summed E-state index contributed by atoms with van der Waals surface area (Å²) in [5.74, 6) is 0.919. The lowest BCUT2D eigenvalue weighted by atomic mass is 10.2. The molecule has 5 nitrogen and oxygen atoms in total. The monoisotopic (exact) mass is 354 g/mol. The van der Waals surface area contributed by atoms with Crippen molar-refractivity contribution in [2.45, 2.75) is 26.7 Å². The fraction of sp³-hybridized carbons (Fsp3) is 0.333. The second kappa shape index (κ2) is 9.61. The topological polar surface area (TPSA) is 49.9 Å². The third-order valence-corrected chi connectivity index (χ3v) is 4.07. The minimum atomic E-state index is -0.202. The van der Waals surface area contributed by atoms with E-state index in [0.29, 0.717) is 23.7 Å². The van der Waals surface area contributed by atoms with Gasteiger partial charge in [0.1, 0.15) is 12.3 Å². The van der Waals surface area contributed by atoms with E-state index in [2.05, 4.69) is 6.92 Å². The third kappa shape index (κ3) is 5.34. The summed E-state index contributed by atoms with van der Waals surface area (Å²) in [6.07, 6.45) is 1.96. The van der Waals surface area contributed by atoms with Crippen LogP contribution in [0, 0.1) is 0 Å². The van der Waals surface area contributed by atoms with Crippen LogP contribution in [-0.2, 0) is 9.59 Å². The van der Waals surface area contributed by atoms with Crippen LogP contribution in [0.5, 0.6) is 11.5 Å². The first kappa shape index (κ1) is 19.5. The summed E-state index contributed by atoms with van der Waals surface area (Å²) in [5, 5.41) is 0. The molecule has 0 N–H and O–H groups in total. The molecule has 0 saturated heterocycles. The SMILES string of the molecule is CCCCN(C)C(=O)CN(C(C)=O)c1ccccc1Oc1ccccc1. The smallest absolute Gasteiger partial charge is 0.242 e. The summed E-state index contributed by atoms with van der Waals surface area (Å²) in [4.78, 5) is 27.8. The maximum absolute atomic E-state index is 12.5. The summed E-state index contributed by atoms with van der Waals surface area (Å²) >= 11 is 0. The lowest BCUT2D eigenvalue weighted by Crippen LogP contribution is -2.41. The van der Waals surface area contributed by atoms with Crippen LogP contribution in [0.1, 0.15) is 26.7 Å². The van der Waals surface area contributed by atoms with Crippen LogP contribution in [-0.4, -0.2) is 36.9 Å². The number of likely N-dealkylation sites (N-methyl/N-ethyl adjacent to an activating group) is 1. The predicted octanol–water partition coefficient (Wildman–Crippen LogP) is 4.09. The summed E-state index contributed by atoms with van der Waals surface area (Å²) in [5.41, 5.74) is 0.584. The molecule has 0 saturated carbocycles. The number of nitrogens with zero attached hydrogens (tertiary/aromatic N) is 2. The zero-order chi connectivity index (χ0) is 18.9. The number of para-hydroxylation sites is 3. The van der Waals surface area contributed by atoms with E-state index < -0.39 is 0 Å². The molecule has 2 amide bonds. The fourth-order valence-electron chi connectivity index (χ4n) is 2.52. The van der Waals surface area contributed by atoms with Crippen LogP contribution in [0.15, 0.2) is 54.6 Å². The Morgan fingerprint density at radius 3 is 2.31 bits per heavy atom. The van der Waals surface area contributed by atoms with Crippen LogP contribution in [0.3, 0.4) is 0 Å². The standard InChI is InChI=1S/C21H26N2O3/c1-4-5-15-22(3)21(25)16-23(17(2)24)19-13-9-10-14-20(19)26-18-11-7-6-8-12-18/h6-14H,4-5,15-16H2,1-3H3. The first-order valence-electron chi connectivity index (χ1n) is 8.87. The van der Waals surface area contributed by atoms with Gasteiger partial charge in [-0.25, -0.2) is 0 Å². The number of hydrogen-bond donors (Lipinski definition) is 0. The van der Waals surface area contributed by atoms with E-state index in [0.717, 1.165) is 12.8 Å². The van der Waals surface area contributed by atoms with Gasteiger partial charge < -0.3 is 9.64 Å². The second-order valence-corrected chi connectivity index (χ2v) is 6.16. The molecule has 138 valence electrons. The van der Waals surface area contributed by atoms with Crippen molar-refractivity contribution >= 4 is 17.5 Å². The normalized spacial score (nSPS) is 10.3. The Hall–Kier alpha value is -2.82. The van der Waals surface area contributed by atoms with Gasteiger partial charge in [0.25, 0.3) is 0 Å². The molecule has 2 aromatic carbocycles. The van der Waals surface area contributed by atoms with E-state index >= 15 is 0 Å². The highest BCUT2D eigenvalue weighted by molar-refractivity contribution is 5.98. The highest BCUT2D eigenvalue weighted by Gasteiger charge is 2.21. The number of anilines is 1. The van der Waals surface area contributed by atoms with Crippen molar-refractivity contribution in [3.8, 4) is 11.5 Å². The van der Waals surface area contributed by atoms with Crippen LogP contribution < -0.4 is 9.64 Å². The molecule has 0 fully saturated rings. The minimum Gasteiger partial charge on any atom is -0.455 e. The van der Waals surface area contributed by atoms with Gasteiger partial charge >= 0.3 is 0 Å². The van der Waals surface area contributed by atoms with E-state index in [1.165, 1.54) is 11.8 Å². The van der Waals surface area contributed by atoms with Gasteiger partial charge in [-0.1, -0.05) is 43.7 Å². The Labute approximate surface area is 155 Å². The first-order valence-corrected chi connectivity index (χ1v) is 8.87. The number of hydrogen-bond acceptors (Lipinski definition) is 3. The Morgan fingerprint density at radius 1 is 1.00 bits per heavy atom. The van der Waals surface area contributed by atoms with E-state index in [9.17, 15) is 9.59 Å². The lowest BCUT2D eigenvalue weighted by molar-refractivity contribution is -0.130. The van der Waals surface area contributed by atoms with E-state index in [1.54, 1.807) is 24.1 Å². The molecule has 0 unspecified atom stereocenters. The molecule has 0 aliphatic carbocycles. The number of benzene rings is 2. The molecule has 0 atom stereocenters. The third-order valence-electron chi connectivity index (χ3n) is 4.07. The molecular weight excluding hydrogens is 328 g/mol. The van der Waals surface area contributed by atoms with Crippen molar-refractivity contribution in [1.82, 2.24) is 4.90 Å². The summed E-state index contributed by atoms with van der Waals surface area (Å²) in [6, 6.07) is 16.6. The summed E-state index contributed by atoms with van der Waals surface area (Å²) < 4.78 is 5.93. The highest BCUT2D eigenvalue weighted by atomic mass is 16.5. The van der Waals surface area contributed by atoms with Crippen molar-refractivity contribution in [2.75, 3.05) is 25.0 Å². The summed E-state index contributed by atoms with van der Waals surface area (Å²) in [6.45, 7) is 4.21.